The molecule has 0 unspecified atom stereocenters. The second-order valence-corrected chi connectivity index (χ2v) is 3.37. The van der Waals surface area contributed by atoms with Crippen molar-refractivity contribution in [2.45, 2.75) is 13.1 Å². The number of nitrogens with one attached hydrogen (secondary N) is 2. The Balaban J connectivity index is 0.00000324. The first-order valence-corrected chi connectivity index (χ1v) is 5.42. The smallest absolute Gasteiger partial charge is 0.319 e. The van der Waals surface area contributed by atoms with Gasteiger partial charge in [-0.3, -0.25) is 9.56 Å². The number of aromatic nitrogens is 2. The molecule has 0 fully saturated rings. The van der Waals surface area contributed by atoms with E-state index in [0.717, 1.165) is 4.57 Å². The normalized spacial score (nSPS) is 11.3. The van der Waals surface area contributed by atoms with Gasteiger partial charge in [-0.2, -0.15) is 8.78 Å². The van der Waals surface area contributed by atoms with E-state index in [4.69, 9.17) is 4.74 Å². The molecule has 1 rings (SSSR count). The molecule has 0 aliphatic carbocycles. The molecule has 9 heteroatoms. The molecule has 0 saturated heterocycles. The van der Waals surface area contributed by atoms with Crippen LogP contribution in [0.2, 0.25) is 0 Å². The summed E-state index contributed by atoms with van der Waals surface area (Å²) in [5, 5.41) is 5.86. The van der Waals surface area contributed by atoms with Crippen LogP contribution in [0.25, 0.3) is 0 Å². The maximum atomic E-state index is 12.5. The Bertz CT molecular complexity index is 386. The molecule has 6 nitrogen and oxygen atoms in total. The highest BCUT2D eigenvalue weighted by Gasteiger charge is 2.11. The minimum Gasteiger partial charge on any atom is -0.383 e. The summed E-state index contributed by atoms with van der Waals surface area (Å²) in [6.45, 7) is -1.30. The fourth-order valence-electron chi connectivity index (χ4n) is 1.31. The summed E-state index contributed by atoms with van der Waals surface area (Å²) in [6.07, 6.45) is 2.58. The summed E-state index contributed by atoms with van der Waals surface area (Å²) in [4.78, 5) is 7.80. The van der Waals surface area contributed by atoms with E-state index in [1.807, 2.05) is 0 Å². The number of hydrogen-bond acceptors (Lipinski definition) is 3. The van der Waals surface area contributed by atoms with E-state index < -0.39 is 6.55 Å². The van der Waals surface area contributed by atoms with Gasteiger partial charge in [-0.1, -0.05) is 0 Å². The second-order valence-electron chi connectivity index (χ2n) is 3.37. The standard InChI is InChI=1S/C10H17F2N5O.HI/c1-13-10(15-4-6-18-2)16-7-8-14-3-5-17(8)9(11)12;/h3,5,9H,4,6-7H2,1-2H3,(H2,13,15,16);1H. The third-order valence-corrected chi connectivity index (χ3v) is 2.20. The third-order valence-electron chi connectivity index (χ3n) is 2.20. The number of nitrogens with zero attached hydrogens (tertiary/aromatic N) is 3. The molecule has 2 N–H and O–H groups in total. The minimum atomic E-state index is -2.59. The molecule has 0 aliphatic rings. The summed E-state index contributed by atoms with van der Waals surface area (Å²) < 4.78 is 30.8. The van der Waals surface area contributed by atoms with E-state index in [0.29, 0.717) is 19.1 Å². The van der Waals surface area contributed by atoms with Gasteiger partial charge in [-0.25, -0.2) is 4.98 Å². The van der Waals surface area contributed by atoms with E-state index in [1.54, 1.807) is 14.2 Å². The molecule has 1 aromatic rings. The van der Waals surface area contributed by atoms with Gasteiger partial charge in [0.25, 0.3) is 0 Å². The average molecular weight is 389 g/mol. The molecule has 19 heavy (non-hydrogen) atoms. The number of hydrogen-bond donors (Lipinski definition) is 2. The van der Waals surface area contributed by atoms with Crippen LogP contribution in [-0.4, -0.2) is 42.8 Å². The maximum Gasteiger partial charge on any atom is 0.319 e. The van der Waals surface area contributed by atoms with Crippen molar-refractivity contribution in [1.29, 1.82) is 0 Å². The highest BCUT2D eigenvalue weighted by atomic mass is 127. The van der Waals surface area contributed by atoms with Crippen molar-refractivity contribution in [3.05, 3.63) is 18.2 Å². The van der Waals surface area contributed by atoms with Gasteiger partial charge in [-0.05, 0) is 0 Å². The second kappa shape index (κ2) is 9.89. The van der Waals surface area contributed by atoms with Gasteiger partial charge in [0, 0.05) is 33.1 Å². The van der Waals surface area contributed by atoms with Crippen molar-refractivity contribution < 1.29 is 13.5 Å². The molecule has 0 saturated carbocycles. The fraction of sp³-hybridized carbons (Fsp3) is 0.600. The highest BCUT2D eigenvalue weighted by molar-refractivity contribution is 14.0. The quantitative estimate of drug-likeness (QED) is 0.332. The molecule has 0 radical (unpaired) electrons. The molecule has 0 spiro atoms. The molecule has 0 atom stereocenters. The molecule has 0 bridgehead atoms. The number of rotatable bonds is 6. The molecule has 0 amide bonds. The van der Waals surface area contributed by atoms with Crippen molar-refractivity contribution >= 4 is 29.9 Å². The van der Waals surface area contributed by atoms with Crippen LogP contribution in [0.1, 0.15) is 12.4 Å². The van der Waals surface area contributed by atoms with Crippen LogP contribution in [0.5, 0.6) is 0 Å². The first kappa shape index (κ1) is 18.0. The van der Waals surface area contributed by atoms with Crippen LogP contribution >= 0.6 is 24.0 Å². The fourth-order valence-corrected chi connectivity index (χ4v) is 1.31. The zero-order valence-electron chi connectivity index (χ0n) is 10.8. The van der Waals surface area contributed by atoms with Crippen LogP contribution in [0.3, 0.4) is 0 Å². The van der Waals surface area contributed by atoms with Gasteiger partial charge in [0.15, 0.2) is 5.96 Å². The van der Waals surface area contributed by atoms with E-state index in [9.17, 15) is 8.78 Å². The number of alkyl halides is 2. The van der Waals surface area contributed by atoms with Crippen molar-refractivity contribution in [3.8, 4) is 0 Å². The monoisotopic (exact) mass is 389 g/mol. The van der Waals surface area contributed by atoms with Gasteiger partial charge in [0.1, 0.15) is 5.82 Å². The Morgan fingerprint density at radius 2 is 2.26 bits per heavy atom. The van der Waals surface area contributed by atoms with Crippen molar-refractivity contribution in [2.75, 3.05) is 27.3 Å². The number of methoxy groups -OCH3 is 1. The van der Waals surface area contributed by atoms with Gasteiger partial charge < -0.3 is 15.4 Å². The zero-order chi connectivity index (χ0) is 13.4. The summed E-state index contributed by atoms with van der Waals surface area (Å²) in [5.74, 6) is 0.760. The van der Waals surface area contributed by atoms with E-state index >= 15 is 0 Å². The Morgan fingerprint density at radius 1 is 1.53 bits per heavy atom. The van der Waals surface area contributed by atoms with E-state index in [2.05, 4.69) is 20.6 Å². The van der Waals surface area contributed by atoms with Crippen LogP contribution in [-0.2, 0) is 11.3 Å². The predicted molar refractivity (Wildman–Crippen MR) is 79.0 cm³/mol. The Kier molecular flexibility index (Phi) is 9.39. The van der Waals surface area contributed by atoms with Crippen molar-refractivity contribution in [2.24, 2.45) is 4.99 Å². The number of halogens is 3. The zero-order valence-corrected chi connectivity index (χ0v) is 13.1. The lowest BCUT2D eigenvalue weighted by Gasteiger charge is -2.12. The first-order chi connectivity index (χ1) is 8.69. The van der Waals surface area contributed by atoms with Crippen LogP contribution < -0.4 is 10.6 Å². The Labute approximate surface area is 127 Å². The van der Waals surface area contributed by atoms with Gasteiger partial charge in [0.2, 0.25) is 0 Å². The average Bonchev–Trinajstić information content (AvgIpc) is 2.82. The molecule has 0 aromatic carbocycles. The molecular formula is C10H18F2IN5O. The number of aliphatic imine (C=N–C) groups is 1. The van der Waals surface area contributed by atoms with Crippen LogP contribution in [0, 0.1) is 0 Å². The number of imidazole rings is 1. The van der Waals surface area contributed by atoms with Gasteiger partial charge >= 0.3 is 6.55 Å². The lowest BCUT2D eigenvalue weighted by Crippen LogP contribution is -2.39. The highest BCUT2D eigenvalue weighted by Crippen LogP contribution is 2.11. The minimum absolute atomic E-state index is 0. The number of guanidine groups is 1. The largest absolute Gasteiger partial charge is 0.383 e. The predicted octanol–water partition coefficient (Wildman–Crippen LogP) is 1.21. The summed E-state index contributed by atoms with van der Waals surface area (Å²) in [6, 6.07) is 0. The van der Waals surface area contributed by atoms with Crippen LogP contribution in [0.4, 0.5) is 8.78 Å². The topological polar surface area (TPSA) is 63.5 Å². The molecular weight excluding hydrogens is 371 g/mol. The summed E-state index contributed by atoms with van der Waals surface area (Å²) >= 11 is 0. The molecule has 1 aromatic heterocycles. The lowest BCUT2D eigenvalue weighted by molar-refractivity contribution is 0.0668. The molecule has 1 heterocycles. The maximum absolute atomic E-state index is 12.5. The van der Waals surface area contributed by atoms with E-state index in [1.165, 1.54) is 12.4 Å². The lowest BCUT2D eigenvalue weighted by atomic mass is 10.5. The van der Waals surface area contributed by atoms with Crippen molar-refractivity contribution in [1.82, 2.24) is 20.2 Å². The Hall–Kier alpha value is -0.970. The van der Waals surface area contributed by atoms with Crippen molar-refractivity contribution in [3.63, 3.8) is 0 Å². The summed E-state index contributed by atoms with van der Waals surface area (Å²) in [7, 11) is 3.19. The van der Waals surface area contributed by atoms with Gasteiger partial charge in [0.05, 0.1) is 13.2 Å². The summed E-state index contributed by atoms with van der Waals surface area (Å²) in [5.41, 5.74) is 0. The van der Waals surface area contributed by atoms with Gasteiger partial charge in [-0.15, -0.1) is 24.0 Å². The van der Waals surface area contributed by atoms with Crippen LogP contribution in [0.15, 0.2) is 17.4 Å². The molecule has 110 valence electrons. The molecule has 0 aliphatic heterocycles. The number of ether oxygens (including phenoxy) is 1. The Morgan fingerprint density at radius 3 is 2.84 bits per heavy atom. The first-order valence-electron chi connectivity index (χ1n) is 5.42. The third kappa shape index (κ3) is 6.14. The van der Waals surface area contributed by atoms with E-state index in [-0.39, 0.29) is 36.3 Å². The SMILES string of the molecule is CN=C(NCCOC)NCc1nccn1C(F)F.I.